The van der Waals surface area contributed by atoms with E-state index in [1.54, 1.807) is 13.4 Å². The van der Waals surface area contributed by atoms with Gasteiger partial charge in [0.2, 0.25) is 0 Å². The molecule has 0 amide bonds. The van der Waals surface area contributed by atoms with E-state index >= 15 is 0 Å². The molecule has 5 heteroatoms. The van der Waals surface area contributed by atoms with Gasteiger partial charge in [-0.1, -0.05) is 13.8 Å². The lowest BCUT2D eigenvalue weighted by atomic mass is 9.99. The molecule has 1 N–H and O–H groups in total. The van der Waals surface area contributed by atoms with Gasteiger partial charge in [0.25, 0.3) is 0 Å². The lowest BCUT2D eigenvalue weighted by molar-refractivity contribution is 0.149. The second kappa shape index (κ2) is 9.08. The molecule has 20 heavy (non-hydrogen) atoms. The van der Waals surface area contributed by atoms with Gasteiger partial charge in [-0.05, 0) is 39.2 Å². The van der Waals surface area contributed by atoms with Crippen molar-refractivity contribution in [3.8, 4) is 0 Å². The fraction of sp³-hybridized carbons (Fsp3) is 0.867. The lowest BCUT2D eigenvalue weighted by Gasteiger charge is -2.22. The molecule has 116 valence electrons. The van der Waals surface area contributed by atoms with Crippen molar-refractivity contribution in [1.82, 2.24) is 20.1 Å². The number of aromatic nitrogens is 3. The summed E-state index contributed by atoms with van der Waals surface area (Å²) in [4.78, 5) is 4.42. The molecule has 0 saturated heterocycles. The van der Waals surface area contributed by atoms with Gasteiger partial charge in [-0.15, -0.1) is 0 Å². The van der Waals surface area contributed by atoms with Crippen LogP contribution in [0.25, 0.3) is 0 Å². The molecule has 0 fully saturated rings. The van der Waals surface area contributed by atoms with Gasteiger partial charge in [-0.3, -0.25) is 0 Å². The topological polar surface area (TPSA) is 52.0 Å². The summed E-state index contributed by atoms with van der Waals surface area (Å²) < 4.78 is 7.26. The minimum absolute atomic E-state index is 0.357. The smallest absolute Gasteiger partial charge is 0.138 e. The Morgan fingerprint density at radius 2 is 2.10 bits per heavy atom. The maximum Gasteiger partial charge on any atom is 0.138 e. The van der Waals surface area contributed by atoms with Crippen LogP contribution in [0.2, 0.25) is 0 Å². The van der Waals surface area contributed by atoms with Gasteiger partial charge in [0.05, 0.1) is 0 Å². The number of hydrogen-bond donors (Lipinski definition) is 1. The molecular formula is C15H30N4O. The highest BCUT2D eigenvalue weighted by Gasteiger charge is 2.17. The van der Waals surface area contributed by atoms with Gasteiger partial charge >= 0.3 is 0 Å². The second-order valence-electron chi connectivity index (χ2n) is 5.87. The Hall–Kier alpha value is -0.940. The van der Waals surface area contributed by atoms with Crippen molar-refractivity contribution < 1.29 is 4.74 Å². The predicted octanol–water partition coefficient (Wildman–Crippen LogP) is 2.44. The van der Waals surface area contributed by atoms with Crippen molar-refractivity contribution in [1.29, 1.82) is 0 Å². The Balaban J connectivity index is 2.65. The highest BCUT2D eigenvalue weighted by atomic mass is 16.5. The summed E-state index contributed by atoms with van der Waals surface area (Å²) in [5, 5.41) is 7.94. The molecule has 0 radical (unpaired) electrons. The zero-order chi connectivity index (χ0) is 15.0. The summed E-state index contributed by atoms with van der Waals surface area (Å²) in [7, 11) is 1.76. The second-order valence-corrected chi connectivity index (χ2v) is 5.87. The average molecular weight is 282 g/mol. The van der Waals surface area contributed by atoms with Crippen molar-refractivity contribution >= 4 is 0 Å². The summed E-state index contributed by atoms with van der Waals surface area (Å²) in [5.41, 5.74) is 0. The molecule has 1 aromatic heterocycles. The molecule has 2 unspecified atom stereocenters. The van der Waals surface area contributed by atoms with Crippen molar-refractivity contribution in [2.24, 2.45) is 5.92 Å². The van der Waals surface area contributed by atoms with Crippen LogP contribution in [0.4, 0.5) is 0 Å². The van der Waals surface area contributed by atoms with E-state index in [0.717, 1.165) is 38.2 Å². The third-order valence-electron chi connectivity index (χ3n) is 3.39. The largest absolute Gasteiger partial charge is 0.384 e. The quantitative estimate of drug-likeness (QED) is 0.716. The molecule has 0 spiro atoms. The summed E-state index contributed by atoms with van der Waals surface area (Å²) in [6, 6.07) is 0.789. The maximum atomic E-state index is 5.25. The number of nitrogens with one attached hydrogen (secondary N) is 1. The van der Waals surface area contributed by atoms with E-state index < -0.39 is 0 Å². The van der Waals surface area contributed by atoms with Crippen LogP contribution in [0.15, 0.2) is 6.33 Å². The summed E-state index contributed by atoms with van der Waals surface area (Å²) in [6.45, 7) is 10.6. The first kappa shape index (κ1) is 17.1. The molecule has 0 saturated carbocycles. The fourth-order valence-corrected chi connectivity index (χ4v) is 2.50. The van der Waals surface area contributed by atoms with Crippen LogP contribution in [-0.2, 0) is 11.2 Å². The lowest BCUT2D eigenvalue weighted by Crippen LogP contribution is -2.35. The van der Waals surface area contributed by atoms with Crippen molar-refractivity contribution in [3.63, 3.8) is 0 Å². The first-order valence-corrected chi connectivity index (χ1v) is 7.69. The molecule has 5 nitrogen and oxygen atoms in total. The van der Waals surface area contributed by atoms with Gasteiger partial charge in [-0.2, -0.15) is 5.10 Å². The van der Waals surface area contributed by atoms with Gasteiger partial charge in [-0.25, -0.2) is 9.67 Å². The Labute approximate surface area is 123 Å². The molecular weight excluding hydrogens is 252 g/mol. The van der Waals surface area contributed by atoms with Gasteiger partial charge in [0.15, 0.2) is 0 Å². The Morgan fingerprint density at radius 3 is 2.70 bits per heavy atom. The van der Waals surface area contributed by atoms with Gasteiger partial charge in [0, 0.05) is 32.2 Å². The Bertz CT molecular complexity index is 365. The van der Waals surface area contributed by atoms with E-state index in [1.165, 1.54) is 0 Å². The molecule has 0 aliphatic heterocycles. The zero-order valence-corrected chi connectivity index (χ0v) is 13.6. The maximum absolute atomic E-state index is 5.25. The van der Waals surface area contributed by atoms with Crippen LogP contribution in [0, 0.1) is 5.92 Å². The molecule has 1 aromatic rings. The number of nitrogens with zero attached hydrogens (tertiary/aromatic N) is 3. The molecule has 0 aromatic carbocycles. The molecule has 2 atom stereocenters. The van der Waals surface area contributed by atoms with Crippen molar-refractivity contribution in [3.05, 3.63) is 12.2 Å². The first-order chi connectivity index (χ1) is 9.58. The van der Waals surface area contributed by atoms with Crippen LogP contribution < -0.4 is 5.32 Å². The Morgan fingerprint density at radius 1 is 1.35 bits per heavy atom. The highest BCUT2D eigenvalue weighted by molar-refractivity contribution is 4.91. The third kappa shape index (κ3) is 5.59. The van der Waals surface area contributed by atoms with E-state index in [2.05, 4.69) is 43.1 Å². The monoisotopic (exact) mass is 282 g/mol. The van der Waals surface area contributed by atoms with E-state index in [-0.39, 0.29) is 0 Å². The predicted molar refractivity (Wildman–Crippen MR) is 81.8 cm³/mol. The van der Waals surface area contributed by atoms with Gasteiger partial charge in [0.1, 0.15) is 12.2 Å². The summed E-state index contributed by atoms with van der Waals surface area (Å²) >= 11 is 0. The standard InChI is InChI=1S/C15H30N4O/c1-6-7-16-14(8-13(4)10-20-5)9-15-17-11-18-19(15)12(2)3/h11-14,16H,6-10H2,1-5H3. The van der Waals surface area contributed by atoms with Crippen LogP contribution >= 0.6 is 0 Å². The van der Waals surface area contributed by atoms with Gasteiger partial charge < -0.3 is 10.1 Å². The van der Waals surface area contributed by atoms with Crippen molar-refractivity contribution in [2.75, 3.05) is 20.3 Å². The minimum Gasteiger partial charge on any atom is -0.384 e. The number of ether oxygens (including phenoxy) is 1. The zero-order valence-electron chi connectivity index (χ0n) is 13.6. The first-order valence-electron chi connectivity index (χ1n) is 7.69. The normalized spacial score (nSPS) is 14.7. The van der Waals surface area contributed by atoms with Crippen LogP contribution in [0.1, 0.15) is 52.4 Å². The van der Waals surface area contributed by atoms with Crippen LogP contribution in [-0.4, -0.2) is 41.1 Å². The van der Waals surface area contributed by atoms with E-state index in [1.807, 2.05) is 4.68 Å². The number of hydrogen-bond acceptors (Lipinski definition) is 4. The van der Waals surface area contributed by atoms with Crippen LogP contribution in [0.3, 0.4) is 0 Å². The number of rotatable bonds is 10. The molecule has 0 aliphatic rings. The highest BCUT2D eigenvalue weighted by Crippen LogP contribution is 2.13. The van der Waals surface area contributed by atoms with Crippen molar-refractivity contribution in [2.45, 2.75) is 59.0 Å². The summed E-state index contributed by atoms with van der Waals surface area (Å²) in [5.74, 6) is 1.61. The van der Waals surface area contributed by atoms with E-state index in [0.29, 0.717) is 18.0 Å². The summed E-state index contributed by atoms with van der Waals surface area (Å²) in [6.07, 6.45) is 4.82. The van der Waals surface area contributed by atoms with E-state index in [9.17, 15) is 0 Å². The minimum atomic E-state index is 0.357. The molecule has 0 aliphatic carbocycles. The average Bonchev–Trinajstić information content (AvgIpc) is 2.84. The molecule has 1 rings (SSSR count). The fourth-order valence-electron chi connectivity index (χ4n) is 2.50. The molecule has 1 heterocycles. The third-order valence-corrected chi connectivity index (χ3v) is 3.39. The Kier molecular flexibility index (Phi) is 7.77. The SMILES string of the molecule is CCCNC(Cc1ncnn1C(C)C)CC(C)COC. The number of methoxy groups -OCH3 is 1. The van der Waals surface area contributed by atoms with Crippen LogP contribution in [0.5, 0.6) is 0 Å². The van der Waals surface area contributed by atoms with E-state index in [4.69, 9.17) is 4.74 Å². The molecule has 0 bridgehead atoms.